The minimum Gasteiger partial charge on any atom is -0.460 e. The van der Waals surface area contributed by atoms with E-state index in [-0.39, 0.29) is 5.97 Å². The number of rotatable bonds is 3. The maximum Gasteiger partial charge on any atom is 0.306 e. The SMILES string of the molecule is CC(C)(C)OC(=O)CCc1nc2ccccc2[nH]1. The van der Waals surface area contributed by atoms with Gasteiger partial charge in [0.1, 0.15) is 11.4 Å². The molecule has 0 saturated carbocycles. The molecule has 0 saturated heterocycles. The van der Waals surface area contributed by atoms with Gasteiger partial charge in [-0.05, 0) is 32.9 Å². The molecule has 2 aromatic rings. The molecule has 18 heavy (non-hydrogen) atoms. The van der Waals surface area contributed by atoms with Gasteiger partial charge in [0.15, 0.2) is 0 Å². The Morgan fingerprint density at radius 3 is 2.72 bits per heavy atom. The molecule has 0 amide bonds. The summed E-state index contributed by atoms with van der Waals surface area (Å²) >= 11 is 0. The molecule has 0 bridgehead atoms. The standard InChI is InChI=1S/C14H18N2O2/c1-14(2,3)18-13(17)9-8-12-15-10-6-4-5-7-11(10)16-12/h4-7H,8-9H2,1-3H3,(H,15,16). The minimum absolute atomic E-state index is 0.192. The molecule has 0 radical (unpaired) electrons. The molecule has 1 heterocycles. The summed E-state index contributed by atoms with van der Waals surface area (Å²) in [5.41, 5.74) is 1.50. The van der Waals surface area contributed by atoms with E-state index in [0.717, 1.165) is 16.9 Å². The van der Waals surface area contributed by atoms with Gasteiger partial charge in [-0.2, -0.15) is 0 Å². The fourth-order valence-electron chi connectivity index (χ4n) is 1.74. The molecule has 0 spiro atoms. The van der Waals surface area contributed by atoms with Crippen molar-refractivity contribution in [1.82, 2.24) is 9.97 Å². The average Bonchev–Trinajstić information content (AvgIpc) is 2.66. The highest BCUT2D eigenvalue weighted by Gasteiger charge is 2.16. The van der Waals surface area contributed by atoms with E-state index >= 15 is 0 Å². The zero-order valence-corrected chi connectivity index (χ0v) is 11.0. The molecule has 4 nitrogen and oxygen atoms in total. The molecular weight excluding hydrogens is 228 g/mol. The van der Waals surface area contributed by atoms with Gasteiger partial charge >= 0.3 is 5.97 Å². The van der Waals surface area contributed by atoms with Crippen LogP contribution in [0.1, 0.15) is 33.0 Å². The van der Waals surface area contributed by atoms with E-state index in [1.165, 1.54) is 0 Å². The average molecular weight is 246 g/mol. The number of carbonyl (C=O) groups is 1. The summed E-state index contributed by atoms with van der Waals surface area (Å²) in [4.78, 5) is 19.2. The molecule has 1 aromatic carbocycles. The molecule has 0 aliphatic rings. The van der Waals surface area contributed by atoms with E-state index in [1.807, 2.05) is 45.0 Å². The van der Waals surface area contributed by atoms with Gasteiger partial charge in [0, 0.05) is 6.42 Å². The van der Waals surface area contributed by atoms with Crippen LogP contribution < -0.4 is 0 Å². The Morgan fingerprint density at radius 2 is 2.06 bits per heavy atom. The van der Waals surface area contributed by atoms with Gasteiger partial charge in [0.05, 0.1) is 17.5 Å². The van der Waals surface area contributed by atoms with Crippen LogP contribution in [-0.2, 0) is 16.0 Å². The topological polar surface area (TPSA) is 55.0 Å². The van der Waals surface area contributed by atoms with Gasteiger partial charge in [0.2, 0.25) is 0 Å². The molecule has 2 rings (SSSR count). The number of aromatic amines is 1. The van der Waals surface area contributed by atoms with Crippen molar-refractivity contribution in [2.75, 3.05) is 0 Å². The van der Waals surface area contributed by atoms with E-state index in [4.69, 9.17) is 4.74 Å². The van der Waals surface area contributed by atoms with Crippen molar-refractivity contribution in [1.29, 1.82) is 0 Å². The number of benzene rings is 1. The lowest BCUT2D eigenvalue weighted by atomic mass is 10.2. The Bertz CT molecular complexity index is 519. The highest BCUT2D eigenvalue weighted by Crippen LogP contribution is 2.13. The number of carbonyl (C=O) groups excluding carboxylic acids is 1. The second-order valence-corrected chi connectivity index (χ2v) is 5.29. The number of aromatic nitrogens is 2. The number of ether oxygens (including phenoxy) is 1. The van der Waals surface area contributed by atoms with Crippen LogP contribution in [-0.4, -0.2) is 21.5 Å². The lowest BCUT2D eigenvalue weighted by Gasteiger charge is -2.19. The third-order valence-electron chi connectivity index (χ3n) is 2.42. The van der Waals surface area contributed by atoms with Crippen molar-refractivity contribution >= 4 is 17.0 Å². The summed E-state index contributed by atoms with van der Waals surface area (Å²) in [6, 6.07) is 7.82. The van der Waals surface area contributed by atoms with E-state index in [0.29, 0.717) is 12.8 Å². The molecule has 96 valence electrons. The van der Waals surface area contributed by atoms with Crippen molar-refractivity contribution in [3.63, 3.8) is 0 Å². The van der Waals surface area contributed by atoms with Crippen molar-refractivity contribution in [3.05, 3.63) is 30.1 Å². The molecule has 1 N–H and O–H groups in total. The maximum absolute atomic E-state index is 11.6. The van der Waals surface area contributed by atoms with Crippen LogP contribution in [0.5, 0.6) is 0 Å². The van der Waals surface area contributed by atoms with Gasteiger partial charge in [-0.3, -0.25) is 4.79 Å². The number of H-pyrrole nitrogens is 1. The molecule has 0 aliphatic heterocycles. The summed E-state index contributed by atoms with van der Waals surface area (Å²) in [5.74, 6) is 0.630. The van der Waals surface area contributed by atoms with E-state index in [1.54, 1.807) is 0 Å². The van der Waals surface area contributed by atoms with E-state index < -0.39 is 5.60 Å². The van der Waals surface area contributed by atoms with Gasteiger partial charge in [-0.25, -0.2) is 4.98 Å². The molecule has 0 unspecified atom stereocenters. The minimum atomic E-state index is -0.426. The Balaban J connectivity index is 1.96. The number of esters is 1. The number of hydrogen-bond acceptors (Lipinski definition) is 3. The predicted octanol–water partition coefficient (Wildman–Crippen LogP) is 2.84. The zero-order valence-electron chi connectivity index (χ0n) is 11.0. The lowest BCUT2D eigenvalue weighted by Crippen LogP contribution is -2.24. The molecule has 0 atom stereocenters. The number of para-hydroxylation sites is 2. The van der Waals surface area contributed by atoms with Crippen LogP contribution >= 0.6 is 0 Å². The Morgan fingerprint density at radius 1 is 1.33 bits per heavy atom. The summed E-state index contributed by atoms with van der Waals surface area (Å²) in [5, 5.41) is 0. The van der Waals surface area contributed by atoms with Gasteiger partial charge in [0.25, 0.3) is 0 Å². The van der Waals surface area contributed by atoms with Crippen LogP contribution in [0.2, 0.25) is 0 Å². The van der Waals surface area contributed by atoms with Crippen LogP contribution in [0, 0.1) is 0 Å². The third-order valence-corrected chi connectivity index (χ3v) is 2.42. The summed E-state index contributed by atoms with van der Waals surface area (Å²) in [6.45, 7) is 5.60. The summed E-state index contributed by atoms with van der Waals surface area (Å²) in [6.07, 6.45) is 0.917. The first kappa shape index (κ1) is 12.6. The highest BCUT2D eigenvalue weighted by molar-refractivity contribution is 5.75. The fourth-order valence-corrected chi connectivity index (χ4v) is 1.74. The third kappa shape index (κ3) is 3.32. The van der Waals surface area contributed by atoms with Crippen LogP contribution in [0.3, 0.4) is 0 Å². The smallest absolute Gasteiger partial charge is 0.306 e. The summed E-state index contributed by atoms with van der Waals surface area (Å²) in [7, 11) is 0. The number of fused-ring (bicyclic) bond motifs is 1. The molecule has 0 fully saturated rings. The Kier molecular flexibility index (Phi) is 3.36. The Labute approximate surface area is 106 Å². The highest BCUT2D eigenvalue weighted by atomic mass is 16.6. The maximum atomic E-state index is 11.6. The number of nitrogens with one attached hydrogen (secondary N) is 1. The molecule has 0 aliphatic carbocycles. The van der Waals surface area contributed by atoms with E-state index in [2.05, 4.69) is 9.97 Å². The first-order valence-electron chi connectivity index (χ1n) is 6.09. The van der Waals surface area contributed by atoms with Crippen LogP contribution in [0.15, 0.2) is 24.3 Å². The van der Waals surface area contributed by atoms with Gasteiger partial charge < -0.3 is 9.72 Å². The quantitative estimate of drug-likeness (QED) is 0.847. The zero-order chi connectivity index (χ0) is 13.2. The first-order valence-corrected chi connectivity index (χ1v) is 6.09. The second-order valence-electron chi connectivity index (χ2n) is 5.29. The Hall–Kier alpha value is -1.84. The van der Waals surface area contributed by atoms with Crippen molar-refractivity contribution in [2.24, 2.45) is 0 Å². The summed E-state index contributed by atoms with van der Waals surface area (Å²) < 4.78 is 5.25. The number of hydrogen-bond donors (Lipinski definition) is 1. The normalized spacial score (nSPS) is 11.7. The molecule has 4 heteroatoms. The monoisotopic (exact) mass is 246 g/mol. The molecular formula is C14H18N2O2. The first-order chi connectivity index (χ1) is 8.44. The van der Waals surface area contributed by atoms with Crippen molar-refractivity contribution < 1.29 is 9.53 Å². The number of imidazole rings is 1. The van der Waals surface area contributed by atoms with Crippen molar-refractivity contribution in [2.45, 2.75) is 39.2 Å². The number of nitrogens with zero attached hydrogens (tertiary/aromatic N) is 1. The molecule has 1 aromatic heterocycles. The second kappa shape index (κ2) is 4.80. The van der Waals surface area contributed by atoms with Crippen LogP contribution in [0.4, 0.5) is 0 Å². The number of aryl methyl sites for hydroxylation is 1. The van der Waals surface area contributed by atoms with Crippen LogP contribution in [0.25, 0.3) is 11.0 Å². The lowest BCUT2D eigenvalue weighted by molar-refractivity contribution is -0.154. The predicted molar refractivity (Wildman–Crippen MR) is 70.3 cm³/mol. The largest absolute Gasteiger partial charge is 0.460 e. The van der Waals surface area contributed by atoms with Crippen molar-refractivity contribution in [3.8, 4) is 0 Å². The fraction of sp³-hybridized carbons (Fsp3) is 0.429. The van der Waals surface area contributed by atoms with Gasteiger partial charge in [-0.15, -0.1) is 0 Å². The van der Waals surface area contributed by atoms with E-state index in [9.17, 15) is 4.79 Å². The van der Waals surface area contributed by atoms with Gasteiger partial charge in [-0.1, -0.05) is 12.1 Å².